The van der Waals surface area contributed by atoms with Gasteiger partial charge in [0.25, 0.3) is 0 Å². The summed E-state index contributed by atoms with van der Waals surface area (Å²) in [5.41, 5.74) is 3.53. The molecule has 1 aliphatic rings. The predicted molar refractivity (Wildman–Crippen MR) is 121 cm³/mol. The Labute approximate surface area is 183 Å². The Hall–Kier alpha value is -2.18. The van der Waals surface area contributed by atoms with Gasteiger partial charge in [-0.3, -0.25) is 9.59 Å². The lowest BCUT2D eigenvalue weighted by Crippen LogP contribution is -2.47. The molecule has 30 heavy (non-hydrogen) atoms. The van der Waals surface area contributed by atoms with E-state index in [2.05, 4.69) is 42.6 Å². The Morgan fingerprint density at radius 2 is 1.97 bits per heavy atom. The molecule has 1 aromatic carbocycles. The largest absolute Gasteiger partial charge is 0.385 e. The number of benzene rings is 1. The van der Waals surface area contributed by atoms with Crippen molar-refractivity contribution < 1.29 is 14.3 Å². The van der Waals surface area contributed by atoms with Gasteiger partial charge in [-0.2, -0.15) is 0 Å². The minimum atomic E-state index is -0.141. The highest BCUT2D eigenvalue weighted by molar-refractivity contribution is 7.10. The average molecular weight is 429 g/mol. The van der Waals surface area contributed by atoms with E-state index in [0.717, 1.165) is 18.4 Å². The fraction of sp³-hybridized carbons (Fsp3) is 0.500. The van der Waals surface area contributed by atoms with E-state index in [1.165, 1.54) is 16.0 Å². The van der Waals surface area contributed by atoms with Gasteiger partial charge in [0, 0.05) is 37.6 Å². The van der Waals surface area contributed by atoms with Gasteiger partial charge in [-0.15, -0.1) is 11.3 Å². The Bertz CT molecular complexity index is 860. The van der Waals surface area contributed by atoms with Gasteiger partial charge >= 0.3 is 0 Å². The van der Waals surface area contributed by atoms with Crippen molar-refractivity contribution in [1.82, 2.24) is 9.80 Å². The number of ether oxygens (including phenoxy) is 1. The second-order valence-corrected chi connectivity index (χ2v) is 9.21. The number of fused-ring (bicyclic) bond motifs is 1. The first-order chi connectivity index (χ1) is 14.4. The second kappa shape index (κ2) is 10.2. The SMILES string of the molecule is COCCCN(CC(=O)N1CCc2sccc2[C@@H]1c1ccc(C)cc1)C(=O)C(C)C. The summed E-state index contributed by atoms with van der Waals surface area (Å²) < 4.78 is 5.14. The van der Waals surface area contributed by atoms with Crippen LogP contribution in [0.2, 0.25) is 0 Å². The number of carbonyl (C=O) groups excluding carboxylic acids is 2. The number of methoxy groups -OCH3 is 1. The molecule has 0 aliphatic carbocycles. The van der Waals surface area contributed by atoms with E-state index < -0.39 is 0 Å². The van der Waals surface area contributed by atoms with Crippen LogP contribution in [0.5, 0.6) is 0 Å². The number of amides is 2. The zero-order valence-corrected chi connectivity index (χ0v) is 19.2. The first-order valence-corrected chi connectivity index (χ1v) is 11.5. The molecular weight excluding hydrogens is 396 g/mol. The van der Waals surface area contributed by atoms with Crippen molar-refractivity contribution >= 4 is 23.2 Å². The number of carbonyl (C=O) groups is 2. The lowest BCUT2D eigenvalue weighted by molar-refractivity contribution is -0.143. The van der Waals surface area contributed by atoms with Crippen LogP contribution < -0.4 is 0 Å². The van der Waals surface area contributed by atoms with Crippen molar-refractivity contribution in [2.24, 2.45) is 5.92 Å². The van der Waals surface area contributed by atoms with Crippen LogP contribution >= 0.6 is 11.3 Å². The van der Waals surface area contributed by atoms with Gasteiger partial charge in [-0.05, 0) is 42.3 Å². The van der Waals surface area contributed by atoms with E-state index in [0.29, 0.717) is 19.7 Å². The lowest BCUT2D eigenvalue weighted by atomic mass is 9.92. The maximum atomic E-state index is 13.5. The zero-order chi connectivity index (χ0) is 21.7. The fourth-order valence-corrected chi connectivity index (χ4v) is 4.88. The van der Waals surface area contributed by atoms with Gasteiger partial charge in [-0.25, -0.2) is 0 Å². The highest BCUT2D eigenvalue weighted by atomic mass is 32.1. The summed E-state index contributed by atoms with van der Waals surface area (Å²) >= 11 is 1.76. The van der Waals surface area contributed by atoms with Crippen molar-refractivity contribution in [1.29, 1.82) is 0 Å². The summed E-state index contributed by atoms with van der Waals surface area (Å²) in [6, 6.07) is 10.5. The molecule has 0 unspecified atom stereocenters. The van der Waals surface area contributed by atoms with E-state index in [-0.39, 0.29) is 30.3 Å². The number of rotatable bonds is 8. The minimum Gasteiger partial charge on any atom is -0.385 e. The first kappa shape index (κ1) is 22.5. The van der Waals surface area contributed by atoms with Gasteiger partial charge in [0.1, 0.15) is 0 Å². The van der Waals surface area contributed by atoms with Crippen LogP contribution in [0.3, 0.4) is 0 Å². The molecule has 2 amide bonds. The molecule has 5 nitrogen and oxygen atoms in total. The van der Waals surface area contributed by atoms with Crippen molar-refractivity contribution in [3.8, 4) is 0 Å². The van der Waals surface area contributed by atoms with Gasteiger partial charge in [0.05, 0.1) is 12.6 Å². The topological polar surface area (TPSA) is 49.9 Å². The summed E-state index contributed by atoms with van der Waals surface area (Å²) in [7, 11) is 1.65. The minimum absolute atomic E-state index is 0.00356. The predicted octanol–water partition coefficient (Wildman–Crippen LogP) is 4.05. The molecule has 6 heteroatoms. The maximum absolute atomic E-state index is 13.5. The highest BCUT2D eigenvalue weighted by Crippen LogP contribution is 2.38. The summed E-state index contributed by atoms with van der Waals surface area (Å²) in [5.74, 6) is -0.124. The monoisotopic (exact) mass is 428 g/mol. The van der Waals surface area contributed by atoms with Crippen molar-refractivity contribution in [3.63, 3.8) is 0 Å². The number of hydrogen-bond acceptors (Lipinski definition) is 4. The van der Waals surface area contributed by atoms with Gasteiger partial charge in [0.2, 0.25) is 11.8 Å². The van der Waals surface area contributed by atoms with Crippen LogP contribution in [-0.4, -0.2) is 55.0 Å². The Morgan fingerprint density at radius 3 is 2.63 bits per heavy atom. The summed E-state index contributed by atoms with van der Waals surface area (Å²) in [6.45, 7) is 7.72. The molecule has 1 aliphatic heterocycles. The summed E-state index contributed by atoms with van der Waals surface area (Å²) in [5, 5.41) is 2.11. The molecule has 0 spiro atoms. The molecule has 1 atom stereocenters. The third kappa shape index (κ3) is 5.10. The summed E-state index contributed by atoms with van der Waals surface area (Å²) in [6.07, 6.45) is 1.58. The molecule has 0 radical (unpaired) electrons. The van der Waals surface area contributed by atoms with E-state index in [9.17, 15) is 9.59 Å². The molecule has 2 heterocycles. The highest BCUT2D eigenvalue weighted by Gasteiger charge is 2.34. The number of aryl methyl sites for hydroxylation is 1. The van der Waals surface area contributed by atoms with Crippen LogP contribution in [0.15, 0.2) is 35.7 Å². The normalized spacial score (nSPS) is 15.9. The number of nitrogens with zero attached hydrogens (tertiary/aromatic N) is 2. The quantitative estimate of drug-likeness (QED) is 0.596. The van der Waals surface area contributed by atoms with Crippen LogP contribution in [0, 0.1) is 12.8 Å². The molecule has 0 saturated heterocycles. The van der Waals surface area contributed by atoms with E-state index in [4.69, 9.17) is 4.74 Å². The van der Waals surface area contributed by atoms with Crippen molar-refractivity contribution in [2.45, 2.75) is 39.7 Å². The van der Waals surface area contributed by atoms with Crippen LogP contribution in [0.25, 0.3) is 0 Å². The molecule has 162 valence electrons. The Morgan fingerprint density at radius 1 is 1.23 bits per heavy atom. The van der Waals surface area contributed by atoms with Gasteiger partial charge in [0.15, 0.2) is 0 Å². The van der Waals surface area contributed by atoms with E-state index in [1.54, 1.807) is 23.3 Å². The standard InChI is InChI=1S/C24H32N2O3S/c1-17(2)24(28)25(12-5-14-29-4)16-22(27)26-13-10-21-20(11-15-30-21)23(26)19-8-6-18(3)7-9-19/h6-9,11,15,17,23H,5,10,12-14,16H2,1-4H3/t23-/m0/s1. The molecule has 0 bridgehead atoms. The van der Waals surface area contributed by atoms with Crippen molar-refractivity contribution in [3.05, 3.63) is 57.3 Å². The van der Waals surface area contributed by atoms with Crippen LogP contribution in [0.4, 0.5) is 0 Å². The molecular formula is C24H32N2O3S. The van der Waals surface area contributed by atoms with Gasteiger partial charge in [-0.1, -0.05) is 43.7 Å². The smallest absolute Gasteiger partial charge is 0.242 e. The zero-order valence-electron chi connectivity index (χ0n) is 18.4. The molecule has 0 saturated carbocycles. The summed E-state index contributed by atoms with van der Waals surface area (Å²) in [4.78, 5) is 31.2. The third-order valence-electron chi connectivity index (χ3n) is 5.59. The number of thiophene rings is 1. The third-order valence-corrected chi connectivity index (χ3v) is 6.58. The Balaban J connectivity index is 1.84. The van der Waals surface area contributed by atoms with Crippen molar-refractivity contribution in [2.75, 3.05) is 33.4 Å². The second-order valence-electron chi connectivity index (χ2n) is 8.21. The van der Waals surface area contributed by atoms with Crippen LogP contribution in [0.1, 0.15) is 47.9 Å². The van der Waals surface area contributed by atoms with Crippen LogP contribution in [-0.2, 0) is 20.7 Å². The van der Waals surface area contributed by atoms with E-state index >= 15 is 0 Å². The fourth-order valence-electron chi connectivity index (χ4n) is 3.98. The molecule has 0 N–H and O–H groups in total. The first-order valence-electron chi connectivity index (χ1n) is 10.6. The molecule has 2 aromatic rings. The molecule has 0 fully saturated rings. The maximum Gasteiger partial charge on any atom is 0.242 e. The molecule has 3 rings (SSSR count). The lowest BCUT2D eigenvalue weighted by Gasteiger charge is -2.38. The van der Waals surface area contributed by atoms with E-state index in [1.807, 2.05) is 18.7 Å². The molecule has 1 aromatic heterocycles. The number of hydrogen-bond donors (Lipinski definition) is 0. The van der Waals surface area contributed by atoms with Gasteiger partial charge < -0.3 is 14.5 Å². The average Bonchev–Trinajstić information content (AvgIpc) is 3.21. The Kier molecular flexibility index (Phi) is 7.67.